The van der Waals surface area contributed by atoms with E-state index in [9.17, 15) is 4.79 Å². The zero-order valence-electron chi connectivity index (χ0n) is 5.78. The molecule has 1 aromatic heterocycles. The van der Waals surface area contributed by atoms with Crippen LogP contribution in [-0.4, -0.2) is 9.78 Å². The molecule has 0 aliphatic carbocycles. The summed E-state index contributed by atoms with van der Waals surface area (Å²) in [4.78, 5) is 10.8. The third kappa shape index (κ3) is 1.48. The van der Waals surface area contributed by atoms with Gasteiger partial charge in [-0.05, 0) is 0 Å². The van der Waals surface area contributed by atoms with Crippen molar-refractivity contribution in [1.29, 1.82) is 0 Å². The molecule has 0 spiro atoms. The normalized spacial score (nSPS) is 9.45. The molecule has 0 radical (unpaired) electrons. The van der Waals surface area contributed by atoms with Crippen LogP contribution in [0.15, 0.2) is 9.21 Å². The molecule has 5 nitrogen and oxygen atoms in total. The summed E-state index contributed by atoms with van der Waals surface area (Å²) in [6.45, 7) is 0.217. The molecule has 2 N–H and O–H groups in total. The first kappa shape index (κ1) is 7.57. The summed E-state index contributed by atoms with van der Waals surface area (Å²) < 4.78 is 5.64. The van der Waals surface area contributed by atoms with Crippen LogP contribution in [0.2, 0.25) is 0 Å². The Balaban J connectivity index is 3.00. The van der Waals surface area contributed by atoms with Gasteiger partial charge in [0.15, 0.2) is 0 Å². The van der Waals surface area contributed by atoms with Crippen molar-refractivity contribution in [3.63, 3.8) is 0 Å². The average Bonchev–Trinajstić information content (AvgIpc) is 2.33. The number of hydrogen-bond donors (Lipinski definition) is 1. The molecule has 11 heavy (non-hydrogen) atoms. The Hall–Kier alpha value is -1.54. The minimum absolute atomic E-state index is 0.104. The molecule has 0 saturated carbocycles. The average molecular weight is 153 g/mol. The van der Waals surface area contributed by atoms with E-state index in [-0.39, 0.29) is 19.0 Å². The SMILES string of the molecule is C#CCn1nc(CN)oc1=O. The lowest BCUT2D eigenvalue weighted by Gasteiger charge is -1.84. The zero-order chi connectivity index (χ0) is 8.27. The van der Waals surface area contributed by atoms with Crippen LogP contribution in [0, 0.1) is 12.3 Å². The Morgan fingerprint density at radius 1 is 1.82 bits per heavy atom. The maximum Gasteiger partial charge on any atom is 0.438 e. The van der Waals surface area contributed by atoms with Gasteiger partial charge in [-0.15, -0.1) is 11.5 Å². The molecule has 5 heteroatoms. The van der Waals surface area contributed by atoms with E-state index in [1.807, 2.05) is 0 Å². The van der Waals surface area contributed by atoms with Gasteiger partial charge < -0.3 is 10.2 Å². The Morgan fingerprint density at radius 3 is 3.00 bits per heavy atom. The minimum atomic E-state index is -0.566. The molecular formula is C6H7N3O2. The van der Waals surface area contributed by atoms with E-state index in [2.05, 4.69) is 15.4 Å². The maximum absolute atomic E-state index is 10.8. The van der Waals surface area contributed by atoms with Crippen molar-refractivity contribution in [3.8, 4) is 12.3 Å². The summed E-state index contributed by atoms with van der Waals surface area (Å²) in [5.41, 5.74) is 5.17. The predicted molar refractivity (Wildman–Crippen MR) is 37.5 cm³/mol. The van der Waals surface area contributed by atoms with E-state index >= 15 is 0 Å². The maximum atomic E-state index is 10.8. The second-order valence-corrected chi connectivity index (χ2v) is 1.83. The summed E-state index contributed by atoms with van der Waals surface area (Å²) in [5, 5.41) is 3.69. The van der Waals surface area contributed by atoms with Crippen molar-refractivity contribution in [2.24, 2.45) is 5.73 Å². The molecule has 1 heterocycles. The second kappa shape index (κ2) is 3.03. The quantitative estimate of drug-likeness (QED) is 0.549. The highest BCUT2D eigenvalue weighted by Gasteiger charge is 2.03. The van der Waals surface area contributed by atoms with Crippen molar-refractivity contribution in [2.45, 2.75) is 13.1 Å². The van der Waals surface area contributed by atoms with Crippen LogP contribution in [0.1, 0.15) is 5.89 Å². The molecule has 0 unspecified atom stereocenters. The van der Waals surface area contributed by atoms with Gasteiger partial charge in [-0.2, -0.15) is 4.68 Å². The van der Waals surface area contributed by atoms with Gasteiger partial charge in [0.1, 0.15) is 6.54 Å². The van der Waals surface area contributed by atoms with Gasteiger partial charge in [0.2, 0.25) is 5.89 Å². The Bertz CT molecular complexity index is 330. The van der Waals surface area contributed by atoms with Gasteiger partial charge in [-0.1, -0.05) is 5.92 Å². The highest BCUT2D eigenvalue weighted by Crippen LogP contribution is 1.85. The number of aromatic nitrogens is 2. The van der Waals surface area contributed by atoms with Gasteiger partial charge in [-0.3, -0.25) is 0 Å². The largest absolute Gasteiger partial charge is 0.438 e. The smallest absolute Gasteiger partial charge is 0.391 e. The monoisotopic (exact) mass is 153 g/mol. The molecule has 0 amide bonds. The number of rotatable bonds is 2. The molecule has 0 fully saturated rings. The van der Waals surface area contributed by atoms with E-state index in [0.29, 0.717) is 0 Å². The first-order chi connectivity index (χ1) is 5.27. The Labute approximate surface area is 62.8 Å². The van der Waals surface area contributed by atoms with Gasteiger partial charge in [0.25, 0.3) is 0 Å². The fraction of sp³-hybridized carbons (Fsp3) is 0.333. The second-order valence-electron chi connectivity index (χ2n) is 1.83. The van der Waals surface area contributed by atoms with Crippen LogP contribution >= 0.6 is 0 Å². The standard InChI is InChI=1S/C6H7N3O2/c1-2-3-9-6(10)11-5(4-7)8-9/h1H,3-4,7H2. The van der Waals surface area contributed by atoms with Crippen LogP contribution in [0.4, 0.5) is 0 Å². The van der Waals surface area contributed by atoms with E-state index < -0.39 is 5.76 Å². The van der Waals surface area contributed by atoms with E-state index in [1.165, 1.54) is 0 Å². The van der Waals surface area contributed by atoms with Crippen LogP contribution in [0.5, 0.6) is 0 Å². The van der Waals surface area contributed by atoms with E-state index in [0.717, 1.165) is 4.68 Å². The minimum Gasteiger partial charge on any atom is -0.391 e. The molecule has 0 aliphatic rings. The number of nitrogens with zero attached hydrogens (tertiary/aromatic N) is 2. The zero-order valence-corrected chi connectivity index (χ0v) is 5.78. The third-order valence-corrected chi connectivity index (χ3v) is 1.06. The molecule has 1 aromatic rings. The molecule has 1 rings (SSSR count). The van der Waals surface area contributed by atoms with Crippen molar-refractivity contribution < 1.29 is 4.42 Å². The lowest BCUT2D eigenvalue weighted by molar-refractivity contribution is 0.453. The highest BCUT2D eigenvalue weighted by atomic mass is 16.4. The van der Waals surface area contributed by atoms with Crippen LogP contribution < -0.4 is 11.5 Å². The van der Waals surface area contributed by atoms with Crippen molar-refractivity contribution in [3.05, 3.63) is 16.4 Å². The highest BCUT2D eigenvalue weighted by molar-refractivity contribution is 4.84. The summed E-state index contributed by atoms with van der Waals surface area (Å²) in [6.07, 6.45) is 4.96. The molecule has 58 valence electrons. The Kier molecular flexibility index (Phi) is 2.09. The summed E-state index contributed by atoms with van der Waals surface area (Å²) >= 11 is 0. The topological polar surface area (TPSA) is 74.1 Å². The molecule has 0 aliphatic heterocycles. The van der Waals surface area contributed by atoms with Gasteiger partial charge in [0, 0.05) is 0 Å². The molecular weight excluding hydrogens is 146 g/mol. The van der Waals surface area contributed by atoms with Crippen LogP contribution in [-0.2, 0) is 13.1 Å². The number of terminal acetylenes is 1. The first-order valence-electron chi connectivity index (χ1n) is 2.98. The predicted octanol–water partition coefficient (Wildman–Crippen LogP) is -1.07. The molecule has 0 atom stereocenters. The number of hydrogen-bond acceptors (Lipinski definition) is 4. The fourth-order valence-corrected chi connectivity index (χ4v) is 0.618. The van der Waals surface area contributed by atoms with Crippen LogP contribution in [0.25, 0.3) is 0 Å². The summed E-state index contributed by atoms with van der Waals surface area (Å²) in [7, 11) is 0. The fourth-order valence-electron chi connectivity index (χ4n) is 0.618. The molecule has 0 bridgehead atoms. The van der Waals surface area contributed by atoms with Crippen LogP contribution in [0.3, 0.4) is 0 Å². The van der Waals surface area contributed by atoms with Crippen molar-refractivity contribution in [1.82, 2.24) is 9.78 Å². The van der Waals surface area contributed by atoms with E-state index in [4.69, 9.17) is 12.2 Å². The van der Waals surface area contributed by atoms with Crippen molar-refractivity contribution in [2.75, 3.05) is 0 Å². The number of nitrogens with two attached hydrogens (primary N) is 1. The molecule has 0 saturated heterocycles. The lowest BCUT2D eigenvalue weighted by Crippen LogP contribution is -2.14. The van der Waals surface area contributed by atoms with E-state index in [1.54, 1.807) is 0 Å². The summed E-state index contributed by atoms with van der Waals surface area (Å²) in [5.74, 6) is 1.89. The first-order valence-corrected chi connectivity index (χ1v) is 2.98. The third-order valence-electron chi connectivity index (χ3n) is 1.06. The van der Waals surface area contributed by atoms with Gasteiger partial charge in [0.05, 0.1) is 6.54 Å². The van der Waals surface area contributed by atoms with Gasteiger partial charge >= 0.3 is 5.76 Å². The Morgan fingerprint density at radius 2 is 2.55 bits per heavy atom. The van der Waals surface area contributed by atoms with Crippen molar-refractivity contribution >= 4 is 0 Å². The summed E-state index contributed by atoms with van der Waals surface area (Å²) in [6, 6.07) is 0. The molecule has 0 aromatic carbocycles. The lowest BCUT2D eigenvalue weighted by atomic mass is 10.7. The van der Waals surface area contributed by atoms with Gasteiger partial charge in [-0.25, -0.2) is 4.79 Å².